The molecule has 0 aliphatic rings. The molecule has 0 amide bonds. The van der Waals surface area contributed by atoms with Gasteiger partial charge in [0.1, 0.15) is 17.3 Å². The Morgan fingerprint density at radius 3 is 2.05 bits per heavy atom. The van der Waals surface area contributed by atoms with Crippen LogP contribution < -0.4 is 4.74 Å². The van der Waals surface area contributed by atoms with Gasteiger partial charge < -0.3 is 19.0 Å². The van der Waals surface area contributed by atoms with Crippen molar-refractivity contribution in [3.05, 3.63) is 115 Å². The number of carbonyl (C=O) groups excluding carboxylic acids is 1. The number of furan rings is 1. The summed E-state index contributed by atoms with van der Waals surface area (Å²) in [7, 11) is 0. The van der Waals surface area contributed by atoms with E-state index in [1.165, 1.54) is 0 Å². The van der Waals surface area contributed by atoms with Gasteiger partial charge in [-0.25, -0.2) is 4.79 Å². The predicted molar refractivity (Wildman–Crippen MR) is 153 cm³/mol. The van der Waals surface area contributed by atoms with E-state index in [9.17, 15) is 9.90 Å². The summed E-state index contributed by atoms with van der Waals surface area (Å²) in [5, 5.41) is 11.1. The third kappa shape index (κ3) is 5.64. The lowest BCUT2D eigenvalue weighted by Gasteiger charge is -2.13. The smallest absolute Gasteiger partial charge is 0.344 e. The molecule has 0 aliphatic heterocycles. The lowest BCUT2D eigenvalue weighted by atomic mass is 9.91. The number of aliphatic hydroxyl groups is 1. The van der Waals surface area contributed by atoms with E-state index in [0.29, 0.717) is 23.9 Å². The number of aliphatic hydroxyl groups excluding tert-OH is 1. The van der Waals surface area contributed by atoms with Crippen LogP contribution in [0.4, 0.5) is 0 Å². The summed E-state index contributed by atoms with van der Waals surface area (Å²) >= 11 is 0. The molecule has 5 rings (SSSR count). The Morgan fingerprint density at radius 1 is 0.769 bits per heavy atom. The van der Waals surface area contributed by atoms with Crippen LogP contribution in [-0.2, 0) is 9.53 Å². The van der Waals surface area contributed by atoms with Crippen LogP contribution in [0.15, 0.2) is 114 Å². The van der Waals surface area contributed by atoms with Gasteiger partial charge in [0.15, 0.2) is 6.61 Å². The fraction of sp³-hybridized carbons (Fsp3) is 0.147. The molecular weight excluding hydrogens is 488 g/mol. The SMILES string of the molecule is CCOC(=O)COc1cccc(-c2ccccc2-c2oc(-c3ccccc3)c(-c3ccccc3)c2C(C)O)c1. The molecule has 1 heterocycles. The first-order valence-corrected chi connectivity index (χ1v) is 13.0. The van der Waals surface area contributed by atoms with Crippen LogP contribution >= 0.6 is 0 Å². The van der Waals surface area contributed by atoms with Crippen molar-refractivity contribution in [2.75, 3.05) is 13.2 Å². The van der Waals surface area contributed by atoms with Crippen LogP contribution in [0.5, 0.6) is 5.75 Å². The second-order valence-corrected chi connectivity index (χ2v) is 9.12. The average molecular weight is 519 g/mol. The van der Waals surface area contributed by atoms with Gasteiger partial charge in [0.25, 0.3) is 0 Å². The molecule has 0 spiro atoms. The second kappa shape index (κ2) is 11.8. The molecule has 5 aromatic rings. The van der Waals surface area contributed by atoms with Gasteiger partial charge >= 0.3 is 5.97 Å². The normalized spacial score (nSPS) is 11.7. The topological polar surface area (TPSA) is 68.9 Å². The maximum absolute atomic E-state index is 11.8. The highest BCUT2D eigenvalue weighted by molar-refractivity contribution is 5.91. The molecule has 0 radical (unpaired) electrons. The van der Waals surface area contributed by atoms with Crippen molar-refractivity contribution < 1.29 is 23.8 Å². The van der Waals surface area contributed by atoms with Crippen LogP contribution in [0.1, 0.15) is 25.5 Å². The van der Waals surface area contributed by atoms with Crippen LogP contribution in [0.25, 0.3) is 44.9 Å². The molecule has 5 nitrogen and oxygen atoms in total. The third-order valence-corrected chi connectivity index (χ3v) is 6.44. The molecule has 5 heteroatoms. The van der Waals surface area contributed by atoms with Gasteiger partial charge in [-0.05, 0) is 42.7 Å². The Balaban J connectivity index is 1.66. The van der Waals surface area contributed by atoms with E-state index in [4.69, 9.17) is 13.9 Å². The quantitative estimate of drug-likeness (QED) is 0.201. The van der Waals surface area contributed by atoms with Crippen molar-refractivity contribution in [1.29, 1.82) is 0 Å². The predicted octanol–water partition coefficient (Wildman–Crippen LogP) is 7.94. The molecule has 0 saturated carbocycles. The summed E-state index contributed by atoms with van der Waals surface area (Å²) in [5.41, 5.74) is 6.13. The monoisotopic (exact) mass is 518 g/mol. The summed E-state index contributed by atoms with van der Waals surface area (Å²) in [5.74, 6) is 1.45. The Morgan fingerprint density at radius 2 is 1.38 bits per heavy atom. The highest BCUT2D eigenvalue weighted by Crippen LogP contribution is 2.47. The molecule has 4 aromatic carbocycles. The highest BCUT2D eigenvalue weighted by atomic mass is 16.6. The van der Waals surface area contributed by atoms with E-state index in [0.717, 1.165) is 38.9 Å². The van der Waals surface area contributed by atoms with E-state index in [1.807, 2.05) is 103 Å². The van der Waals surface area contributed by atoms with E-state index in [-0.39, 0.29) is 6.61 Å². The summed E-state index contributed by atoms with van der Waals surface area (Å²) in [4.78, 5) is 11.8. The van der Waals surface area contributed by atoms with Crippen molar-refractivity contribution in [1.82, 2.24) is 0 Å². The largest absolute Gasteiger partial charge is 0.482 e. The highest BCUT2D eigenvalue weighted by Gasteiger charge is 2.27. The molecule has 0 saturated heterocycles. The molecule has 1 aromatic heterocycles. The van der Waals surface area contributed by atoms with Crippen LogP contribution in [0.3, 0.4) is 0 Å². The third-order valence-electron chi connectivity index (χ3n) is 6.44. The lowest BCUT2D eigenvalue weighted by Crippen LogP contribution is -2.14. The number of hydrogen-bond donors (Lipinski definition) is 1. The van der Waals surface area contributed by atoms with E-state index >= 15 is 0 Å². The van der Waals surface area contributed by atoms with E-state index in [1.54, 1.807) is 19.9 Å². The molecular formula is C34H30O5. The minimum atomic E-state index is -0.788. The Labute approximate surface area is 228 Å². The fourth-order valence-electron chi connectivity index (χ4n) is 4.76. The number of benzene rings is 4. The molecule has 1 atom stereocenters. The van der Waals surface area contributed by atoms with E-state index < -0.39 is 12.1 Å². The zero-order valence-corrected chi connectivity index (χ0v) is 22.0. The van der Waals surface area contributed by atoms with Crippen LogP contribution in [0.2, 0.25) is 0 Å². The first-order chi connectivity index (χ1) is 19.1. The van der Waals surface area contributed by atoms with Gasteiger partial charge in [0, 0.05) is 22.3 Å². The zero-order valence-electron chi connectivity index (χ0n) is 22.0. The van der Waals surface area contributed by atoms with Crippen molar-refractivity contribution in [3.63, 3.8) is 0 Å². The van der Waals surface area contributed by atoms with Crippen LogP contribution in [0, 0.1) is 0 Å². The van der Waals surface area contributed by atoms with Gasteiger partial charge in [-0.15, -0.1) is 0 Å². The Hall–Kier alpha value is -4.61. The second-order valence-electron chi connectivity index (χ2n) is 9.12. The summed E-state index contributed by atoms with van der Waals surface area (Å²) in [6, 6.07) is 35.4. The van der Waals surface area contributed by atoms with Gasteiger partial charge in [0.2, 0.25) is 0 Å². The summed E-state index contributed by atoms with van der Waals surface area (Å²) in [6.45, 7) is 3.67. The molecule has 0 fully saturated rings. The van der Waals surface area contributed by atoms with Gasteiger partial charge in [-0.3, -0.25) is 0 Å². The van der Waals surface area contributed by atoms with Gasteiger partial charge in [-0.2, -0.15) is 0 Å². The number of rotatable bonds is 9. The number of carbonyl (C=O) groups is 1. The Bertz CT molecular complexity index is 1550. The number of esters is 1. The fourth-order valence-corrected chi connectivity index (χ4v) is 4.76. The standard InChI is InChI=1S/C34H30O5/c1-3-37-30(36)22-38-27-18-12-17-26(21-27)28-19-10-11-20-29(28)34-31(23(2)35)32(24-13-6-4-7-14-24)33(39-34)25-15-8-5-9-16-25/h4-21,23,35H,3,22H2,1-2H3. The number of ether oxygens (including phenoxy) is 2. The number of hydrogen-bond acceptors (Lipinski definition) is 5. The Kier molecular flexibility index (Phi) is 7.90. The molecule has 39 heavy (non-hydrogen) atoms. The molecule has 1 unspecified atom stereocenters. The molecule has 1 N–H and O–H groups in total. The van der Waals surface area contributed by atoms with Crippen molar-refractivity contribution in [2.45, 2.75) is 20.0 Å². The first kappa shape index (κ1) is 26.0. The van der Waals surface area contributed by atoms with Gasteiger partial charge in [-0.1, -0.05) is 97.1 Å². The molecule has 0 bridgehead atoms. The van der Waals surface area contributed by atoms with Crippen molar-refractivity contribution in [2.24, 2.45) is 0 Å². The lowest BCUT2D eigenvalue weighted by molar-refractivity contribution is -0.145. The van der Waals surface area contributed by atoms with Crippen molar-refractivity contribution in [3.8, 4) is 50.7 Å². The molecule has 196 valence electrons. The maximum atomic E-state index is 11.8. The van der Waals surface area contributed by atoms with Gasteiger partial charge in [0.05, 0.1) is 12.7 Å². The molecule has 0 aliphatic carbocycles. The van der Waals surface area contributed by atoms with Crippen molar-refractivity contribution >= 4 is 5.97 Å². The van der Waals surface area contributed by atoms with E-state index in [2.05, 4.69) is 0 Å². The van der Waals surface area contributed by atoms with Crippen LogP contribution in [-0.4, -0.2) is 24.3 Å². The first-order valence-electron chi connectivity index (χ1n) is 13.0. The summed E-state index contributed by atoms with van der Waals surface area (Å²) in [6.07, 6.45) is -0.788. The maximum Gasteiger partial charge on any atom is 0.344 e. The zero-order chi connectivity index (χ0) is 27.2. The minimum Gasteiger partial charge on any atom is -0.482 e. The summed E-state index contributed by atoms with van der Waals surface area (Å²) < 4.78 is 17.3. The average Bonchev–Trinajstić information content (AvgIpc) is 3.38. The minimum absolute atomic E-state index is 0.163.